The van der Waals surface area contributed by atoms with Crippen LogP contribution in [0.25, 0.3) is 0 Å². The fraction of sp³-hybridized carbons (Fsp3) is 0.524. The van der Waals surface area contributed by atoms with Gasteiger partial charge in [-0.05, 0) is 55.6 Å². The predicted molar refractivity (Wildman–Crippen MR) is 101 cm³/mol. The summed E-state index contributed by atoms with van der Waals surface area (Å²) in [4.78, 5) is 24.2. The second-order valence-corrected chi connectivity index (χ2v) is 7.55. The Morgan fingerprint density at radius 1 is 1.24 bits per heavy atom. The maximum Gasteiger partial charge on any atom is 0.251 e. The number of carbonyl (C=O) groups is 2. The van der Waals surface area contributed by atoms with Crippen LogP contribution in [-0.4, -0.2) is 24.9 Å². The third-order valence-electron chi connectivity index (χ3n) is 5.30. The van der Waals surface area contributed by atoms with Crippen molar-refractivity contribution in [2.24, 2.45) is 11.3 Å². The van der Waals surface area contributed by atoms with Gasteiger partial charge < -0.3 is 10.6 Å². The zero-order valence-corrected chi connectivity index (χ0v) is 15.4. The van der Waals surface area contributed by atoms with Crippen LogP contribution in [0, 0.1) is 18.3 Å². The summed E-state index contributed by atoms with van der Waals surface area (Å²) in [5.74, 6) is 0.566. The molecule has 0 bridgehead atoms. The first-order valence-corrected chi connectivity index (χ1v) is 9.15. The Morgan fingerprint density at radius 3 is 2.56 bits per heavy atom. The molecule has 25 heavy (non-hydrogen) atoms. The molecule has 2 N–H and O–H groups in total. The van der Waals surface area contributed by atoms with Crippen LogP contribution in [0.4, 0.5) is 0 Å². The summed E-state index contributed by atoms with van der Waals surface area (Å²) >= 11 is 0. The Bertz CT molecular complexity index is 616. The monoisotopic (exact) mass is 342 g/mol. The normalized spacial score (nSPS) is 22.9. The van der Waals surface area contributed by atoms with E-state index in [0.29, 0.717) is 25.4 Å². The van der Waals surface area contributed by atoms with Gasteiger partial charge in [-0.15, -0.1) is 6.58 Å². The van der Waals surface area contributed by atoms with Crippen molar-refractivity contribution in [2.45, 2.75) is 46.0 Å². The number of rotatable bonds is 7. The molecule has 4 heteroatoms. The molecule has 0 radical (unpaired) electrons. The lowest BCUT2D eigenvalue weighted by Crippen LogP contribution is -2.39. The van der Waals surface area contributed by atoms with E-state index in [-0.39, 0.29) is 17.2 Å². The lowest BCUT2D eigenvalue weighted by Gasteiger charge is -2.37. The van der Waals surface area contributed by atoms with Crippen molar-refractivity contribution in [3.63, 3.8) is 0 Å². The maximum absolute atomic E-state index is 12.4. The van der Waals surface area contributed by atoms with Crippen molar-refractivity contribution >= 4 is 11.8 Å². The van der Waals surface area contributed by atoms with Crippen LogP contribution in [0.5, 0.6) is 0 Å². The third kappa shape index (κ3) is 5.73. The van der Waals surface area contributed by atoms with Crippen molar-refractivity contribution in [2.75, 3.05) is 13.1 Å². The highest BCUT2D eigenvalue weighted by atomic mass is 16.2. The Hall–Kier alpha value is -2.10. The van der Waals surface area contributed by atoms with E-state index in [9.17, 15) is 9.59 Å². The summed E-state index contributed by atoms with van der Waals surface area (Å²) < 4.78 is 0. The van der Waals surface area contributed by atoms with Crippen LogP contribution in [-0.2, 0) is 4.79 Å². The molecule has 2 amide bonds. The minimum Gasteiger partial charge on any atom is -0.353 e. The van der Waals surface area contributed by atoms with Crippen molar-refractivity contribution in [1.82, 2.24) is 10.6 Å². The molecular weight excluding hydrogens is 312 g/mol. The molecule has 0 unspecified atom stereocenters. The van der Waals surface area contributed by atoms with Gasteiger partial charge >= 0.3 is 0 Å². The smallest absolute Gasteiger partial charge is 0.251 e. The van der Waals surface area contributed by atoms with Crippen molar-refractivity contribution < 1.29 is 9.59 Å². The molecule has 4 nitrogen and oxygen atoms in total. The Morgan fingerprint density at radius 2 is 1.92 bits per heavy atom. The molecule has 1 saturated carbocycles. The highest BCUT2D eigenvalue weighted by Gasteiger charge is 2.32. The van der Waals surface area contributed by atoms with E-state index in [0.717, 1.165) is 36.8 Å². The van der Waals surface area contributed by atoms with Crippen LogP contribution in [0.15, 0.2) is 36.9 Å². The first-order valence-electron chi connectivity index (χ1n) is 9.15. The van der Waals surface area contributed by atoms with Gasteiger partial charge in [-0.25, -0.2) is 0 Å². The van der Waals surface area contributed by atoms with Crippen molar-refractivity contribution in [3.8, 4) is 0 Å². The van der Waals surface area contributed by atoms with E-state index >= 15 is 0 Å². The second kappa shape index (κ2) is 8.84. The van der Waals surface area contributed by atoms with Gasteiger partial charge in [0, 0.05) is 25.1 Å². The van der Waals surface area contributed by atoms with Crippen LogP contribution >= 0.6 is 0 Å². The minimum absolute atomic E-state index is 0.00486. The summed E-state index contributed by atoms with van der Waals surface area (Å²) in [7, 11) is 0. The zero-order chi connectivity index (χ0) is 18.3. The molecule has 1 aromatic carbocycles. The molecule has 0 atom stereocenters. The van der Waals surface area contributed by atoms with Gasteiger partial charge in [0.2, 0.25) is 5.91 Å². The fourth-order valence-corrected chi connectivity index (χ4v) is 3.49. The van der Waals surface area contributed by atoms with E-state index in [1.807, 2.05) is 31.2 Å². The van der Waals surface area contributed by atoms with E-state index in [4.69, 9.17) is 0 Å². The van der Waals surface area contributed by atoms with Crippen LogP contribution in [0.2, 0.25) is 0 Å². The number of hydrogen-bond acceptors (Lipinski definition) is 2. The topological polar surface area (TPSA) is 58.2 Å². The number of benzene rings is 1. The second-order valence-electron chi connectivity index (χ2n) is 7.55. The van der Waals surface area contributed by atoms with Gasteiger partial charge in [0.25, 0.3) is 5.91 Å². The number of carbonyl (C=O) groups excluding carboxylic acids is 2. The standard InChI is InChI=1S/C21H30N2O2/c1-4-13-22-19(24)14-17-9-11-21(3,12-10-17)15-23-20(25)18-8-6-5-7-16(18)2/h4-8,17H,1,9-15H2,2-3H3,(H,22,24)(H,23,25). The fourth-order valence-electron chi connectivity index (χ4n) is 3.49. The van der Waals surface area contributed by atoms with E-state index in [1.54, 1.807) is 6.08 Å². The van der Waals surface area contributed by atoms with Crippen LogP contribution in [0.3, 0.4) is 0 Å². The highest BCUT2D eigenvalue weighted by Crippen LogP contribution is 2.39. The summed E-state index contributed by atoms with van der Waals surface area (Å²) in [6.45, 7) is 9.03. The van der Waals surface area contributed by atoms with Gasteiger partial charge in [-0.2, -0.15) is 0 Å². The van der Waals surface area contributed by atoms with Gasteiger partial charge in [-0.3, -0.25) is 9.59 Å². The Labute approximate surface area is 151 Å². The number of nitrogens with one attached hydrogen (secondary N) is 2. The molecule has 0 spiro atoms. The lowest BCUT2D eigenvalue weighted by atomic mass is 9.71. The first-order chi connectivity index (χ1) is 11.9. The predicted octanol–water partition coefficient (Wildman–Crippen LogP) is 3.61. The average molecular weight is 342 g/mol. The lowest BCUT2D eigenvalue weighted by molar-refractivity contribution is -0.122. The molecule has 136 valence electrons. The number of amides is 2. The molecule has 0 aromatic heterocycles. The average Bonchev–Trinajstić information content (AvgIpc) is 2.61. The van der Waals surface area contributed by atoms with Crippen molar-refractivity contribution in [1.29, 1.82) is 0 Å². The minimum atomic E-state index is 0.00486. The quantitative estimate of drug-likeness (QED) is 0.744. The highest BCUT2D eigenvalue weighted by molar-refractivity contribution is 5.95. The summed E-state index contributed by atoms with van der Waals surface area (Å²) in [6.07, 6.45) is 6.46. The third-order valence-corrected chi connectivity index (χ3v) is 5.30. The summed E-state index contributed by atoms with van der Waals surface area (Å²) in [5, 5.41) is 5.95. The zero-order valence-electron chi connectivity index (χ0n) is 15.4. The Kier molecular flexibility index (Phi) is 6.80. The van der Waals surface area contributed by atoms with Gasteiger partial charge in [0.15, 0.2) is 0 Å². The van der Waals surface area contributed by atoms with Crippen molar-refractivity contribution in [3.05, 3.63) is 48.0 Å². The molecule has 1 aromatic rings. The summed E-state index contributed by atoms with van der Waals surface area (Å²) in [5.41, 5.74) is 1.87. The van der Waals surface area contributed by atoms with Crippen LogP contribution in [0.1, 0.15) is 54.9 Å². The van der Waals surface area contributed by atoms with Gasteiger partial charge in [-0.1, -0.05) is 31.2 Å². The van der Waals surface area contributed by atoms with E-state index in [2.05, 4.69) is 24.1 Å². The van der Waals surface area contributed by atoms with Crippen LogP contribution < -0.4 is 10.6 Å². The molecule has 0 aliphatic heterocycles. The largest absolute Gasteiger partial charge is 0.353 e. The molecule has 1 fully saturated rings. The molecule has 2 rings (SSSR count). The van der Waals surface area contributed by atoms with Gasteiger partial charge in [0.05, 0.1) is 0 Å². The number of hydrogen-bond donors (Lipinski definition) is 2. The van der Waals surface area contributed by atoms with Gasteiger partial charge in [0.1, 0.15) is 0 Å². The first kappa shape index (κ1) is 19.2. The van der Waals surface area contributed by atoms with E-state index in [1.165, 1.54) is 0 Å². The maximum atomic E-state index is 12.4. The molecule has 0 saturated heterocycles. The molecule has 0 heterocycles. The summed E-state index contributed by atoms with van der Waals surface area (Å²) in [6, 6.07) is 7.66. The molecular formula is C21H30N2O2. The SMILES string of the molecule is C=CCNC(=O)CC1CCC(C)(CNC(=O)c2ccccc2C)CC1. The molecule has 1 aliphatic rings. The molecule has 1 aliphatic carbocycles. The number of aryl methyl sites for hydroxylation is 1. The Balaban J connectivity index is 1.78. The van der Waals surface area contributed by atoms with E-state index < -0.39 is 0 Å².